The van der Waals surface area contributed by atoms with Crippen LogP contribution in [0.25, 0.3) is 0 Å². The van der Waals surface area contributed by atoms with Crippen LogP contribution < -0.4 is 5.32 Å². The molecular weight excluding hydrogens is 234 g/mol. The summed E-state index contributed by atoms with van der Waals surface area (Å²) < 4.78 is 2.07. The minimum atomic E-state index is 0.0732. The molecule has 1 aromatic rings. The van der Waals surface area contributed by atoms with E-state index < -0.39 is 0 Å². The van der Waals surface area contributed by atoms with Crippen LogP contribution in [0.3, 0.4) is 0 Å². The van der Waals surface area contributed by atoms with Crippen LogP contribution >= 0.6 is 0 Å². The summed E-state index contributed by atoms with van der Waals surface area (Å²) >= 11 is 0. The average Bonchev–Trinajstić information content (AvgIpc) is 2.86. The van der Waals surface area contributed by atoms with Gasteiger partial charge in [-0.1, -0.05) is 26.8 Å². The van der Waals surface area contributed by atoms with Gasteiger partial charge in [0, 0.05) is 30.6 Å². The third-order valence-corrected chi connectivity index (χ3v) is 3.74. The smallest absolute Gasteiger partial charge is 0.0633 e. The average molecular weight is 263 g/mol. The van der Waals surface area contributed by atoms with E-state index in [0.717, 1.165) is 38.0 Å². The van der Waals surface area contributed by atoms with Crippen molar-refractivity contribution in [2.24, 2.45) is 5.41 Å². The topological polar surface area (TPSA) is 29.9 Å². The summed E-state index contributed by atoms with van der Waals surface area (Å²) in [6.45, 7) is 14.8. The van der Waals surface area contributed by atoms with Crippen molar-refractivity contribution in [1.29, 1.82) is 0 Å². The molecule has 19 heavy (non-hydrogen) atoms. The highest BCUT2D eigenvalue weighted by Gasteiger charge is 2.21. The van der Waals surface area contributed by atoms with Gasteiger partial charge in [0.25, 0.3) is 0 Å². The number of aromatic nitrogens is 2. The molecule has 0 saturated carbocycles. The quantitative estimate of drug-likeness (QED) is 0.545. The maximum atomic E-state index is 4.68. The van der Waals surface area contributed by atoms with Crippen LogP contribution in [-0.4, -0.2) is 22.9 Å². The van der Waals surface area contributed by atoms with Gasteiger partial charge >= 0.3 is 0 Å². The number of nitrogens with one attached hydrogen (secondary N) is 1. The summed E-state index contributed by atoms with van der Waals surface area (Å²) in [7, 11) is 0. The van der Waals surface area contributed by atoms with Crippen LogP contribution in [0.5, 0.6) is 0 Å². The second-order valence-electron chi connectivity index (χ2n) is 5.76. The molecule has 0 aromatic carbocycles. The number of rotatable bonds is 9. The van der Waals surface area contributed by atoms with E-state index in [9.17, 15) is 0 Å². The molecule has 108 valence electrons. The molecule has 2 atom stereocenters. The lowest BCUT2D eigenvalue weighted by Gasteiger charge is -2.25. The molecule has 0 fully saturated rings. The van der Waals surface area contributed by atoms with Gasteiger partial charge in [-0.05, 0) is 32.4 Å². The summed E-state index contributed by atoms with van der Waals surface area (Å²) in [6, 6.07) is 2.61. The molecule has 0 radical (unpaired) electrons. The SMILES string of the molecule is C=CC(C)(CNCCC)Cc1ccn(C(C)CC)n1. The Morgan fingerprint density at radius 2 is 2.26 bits per heavy atom. The van der Waals surface area contributed by atoms with Gasteiger partial charge in [0.05, 0.1) is 5.69 Å². The van der Waals surface area contributed by atoms with Gasteiger partial charge in [0.2, 0.25) is 0 Å². The number of hydrogen-bond donors (Lipinski definition) is 1. The van der Waals surface area contributed by atoms with E-state index in [1.165, 1.54) is 0 Å². The Morgan fingerprint density at radius 3 is 2.84 bits per heavy atom. The summed E-state index contributed by atoms with van der Waals surface area (Å²) in [5, 5.41) is 8.17. The molecule has 3 nitrogen and oxygen atoms in total. The van der Waals surface area contributed by atoms with Crippen molar-refractivity contribution in [2.45, 2.75) is 53.0 Å². The first kappa shape index (κ1) is 16.0. The molecule has 0 spiro atoms. The molecule has 1 rings (SSSR count). The fourth-order valence-corrected chi connectivity index (χ4v) is 2.08. The third kappa shape index (κ3) is 4.83. The Labute approximate surface area is 118 Å². The van der Waals surface area contributed by atoms with E-state index in [0.29, 0.717) is 6.04 Å². The Hall–Kier alpha value is -1.09. The van der Waals surface area contributed by atoms with Crippen LogP contribution in [0.15, 0.2) is 24.9 Å². The van der Waals surface area contributed by atoms with Crippen molar-refractivity contribution in [3.63, 3.8) is 0 Å². The second-order valence-corrected chi connectivity index (χ2v) is 5.76. The number of hydrogen-bond acceptors (Lipinski definition) is 2. The molecule has 0 aliphatic carbocycles. The zero-order chi connectivity index (χ0) is 14.3. The molecule has 1 heterocycles. The van der Waals surface area contributed by atoms with Crippen LogP contribution in [0.1, 0.15) is 52.3 Å². The minimum Gasteiger partial charge on any atom is -0.316 e. The van der Waals surface area contributed by atoms with Gasteiger partial charge < -0.3 is 5.32 Å². The Balaban J connectivity index is 2.64. The van der Waals surface area contributed by atoms with E-state index in [-0.39, 0.29) is 5.41 Å². The van der Waals surface area contributed by atoms with Crippen molar-refractivity contribution in [3.05, 3.63) is 30.6 Å². The Kier molecular flexibility index (Phi) is 6.29. The highest BCUT2D eigenvalue weighted by atomic mass is 15.3. The second kappa shape index (κ2) is 7.49. The predicted molar refractivity (Wildman–Crippen MR) is 82.4 cm³/mol. The predicted octanol–water partition coefficient (Wildman–Crippen LogP) is 3.59. The zero-order valence-corrected chi connectivity index (χ0v) is 12.9. The summed E-state index contributed by atoms with van der Waals surface area (Å²) in [4.78, 5) is 0. The van der Waals surface area contributed by atoms with Crippen LogP contribution in [-0.2, 0) is 6.42 Å². The third-order valence-electron chi connectivity index (χ3n) is 3.74. The van der Waals surface area contributed by atoms with Gasteiger partial charge in [-0.3, -0.25) is 4.68 Å². The summed E-state index contributed by atoms with van der Waals surface area (Å²) in [6.07, 6.45) is 7.36. The van der Waals surface area contributed by atoms with Crippen molar-refractivity contribution in [3.8, 4) is 0 Å². The first-order valence-corrected chi connectivity index (χ1v) is 7.43. The zero-order valence-electron chi connectivity index (χ0n) is 12.9. The van der Waals surface area contributed by atoms with Crippen molar-refractivity contribution < 1.29 is 0 Å². The van der Waals surface area contributed by atoms with Crippen LogP contribution in [0, 0.1) is 5.41 Å². The Morgan fingerprint density at radius 1 is 1.53 bits per heavy atom. The lowest BCUT2D eigenvalue weighted by atomic mass is 9.85. The summed E-state index contributed by atoms with van der Waals surface area (Å²) in [5.41, 5.74) is 1.23. The van der Waals surface area contributed by atoms with Crippen LogP contribution in [0.4, 0.5) is 0 Å². The molecule has 0 amide bonds. The largest absolute Gasteiger partial charge is 0.316 e. The van der Waals surface area contributed by atoms with Gasteiger partial charge in [-0.25, -0.2) is 0 Å². The molecule has 3 heteroatoms. The molecule has 2 unspecified atom stereocenters. The van der Waals surface area contributed by atoms with E-state index in [4.69, 9.17) is 0 Å². The maximum absolute atomic E-state index is 4.68. The normalized spacial score (nSPS) is 16.0. The van der Waals surface area contributed by atoms with Gasteiger partial charge in [-0.2, -0.15) is 5.10 Å². The monoisotopic (exact) mass is 263 g/mol. The van der Waals surface area contributed by atoms with E-state index in [1.807, 2.05) is 0 Å². The van der Waals surface area contributed by atoms with Crippen molar-refractivity contribution in [1.82, 2.24) is 15.1 Å². The highest BCUT2D eigenvalue weighted by molar-refractivity contribution is 5.08. The van der Waals surface area contributed by atoms with Gasteiger partial charge in [0.1, 0.15) is 0 Å². The highest BCUT2D eigenvalue weighted by Crippen LogP contribution is 2.23. The molecule has 0 aliphatic heterocycles. The molecule has 1 aromatic heterocycles. The van der Waals surface area contributed by atoms with E-state index >= 15 is 0 Å². The maximum Gasteiger partial charge on any atom is 0.0633 e. The van der Waals surface area contributed by atoms with Crippen LogP contribution in [0.2, 0.25) is 0 Å². The lowest BCUT2D eigenvalue weighted by Crippen LogP contribution is -2.32. The van der Waals surface area contributed by atoms with E-state index in [1.54, 1.807) is 0 Å². The van der Waals surface area contributed by atoms with Crippen molar-refractivity contribution in [2.75, 3.05) is 13.1 Å². The first-order valence-electron chi connectivity index (χ1n) is 7.43. The Bertz CT molecular complexity index is 383. The first-order chi connectivity index (χ1) is 9.04. The molecule has 0 aliphatic rings. The number of nitrogens with zero attached hydrogens (tertiary/aromatic N) is 2. The van der Waals surface area contributed by atoms with Crippen molar-refractivity contribution >= 4 is 0 Å². The lowest BCUT2D eigenvalue weighted by molar-refractivity contribution is 0.382. The minimum absolute atomic E-state index is 0.0732. The van der Waals surface area contributed by atoms with Gasteiger partial charge in [0.15, 0.2) is 0 Å². The molecule has 0 bridgehead atoms. The fourth-order valence-electron chi connectivity index (χ4n) is 2.08. The fraction of sp³-hybridized carbons (Fsp3) is 0.688. The standard InChI is InChI=1S/C16H29N3/c1-6-10-17-13-16(5,8-3)12-15-9-11-19(18-15)14(4)7-2/h8-9,11,14,17H,3,6-7,10,12-13H2,1-2,4-5H3. The molecular formula is C16H29N3. The molecule has 1 N–H and O–H groups in total. The van der Waals surface area contributed by atoms with E-state index in [2.05, 4.69) is 67.7 Å². The molecule has 0 saturated heterocycles. The van der Waals surface area contributed by atoms with Gasteiger partial charge in [-0.15, -0.1) is 6.58 Å². The summed E-state index contributed by atoms with van der Waals surface area (Å²) in [5.74, 6) is 0.